The van der Waals surface area contributed by atoms with Gasteiger partial charge in [0, 0.05) is 16.2 Å². The van der Waals surface area contributed by atoms with Crippen LogP contribution in [0.4, 0.5) is 11.4 Å². The Kier molecular flexibility index (Phi) is 5.13. The van der Waals surface area contributed by atoms with Gasteiger partial charge in [0.05, 0.1) is 27.5 Å². The number of hydrogen-bond donors (Lipinski definition) is 2. The third-order valence-corrected chi connectivity index (χ3v) is 5.41. The molecule has 5 nitrogen and oxygen atoms in total. The lowest BCUT2D eigenvalue weighted by molar-refractivity contribution is 0.102. The third-order valence-electron chi connectivity index (χ3n) is 4.55. The zero-order valence-corrected chi connectivity index (χ0v) is 17.4. The summed E-state index contributed by atoms with van der Waals surface area (Å²) in [6.07, 6.45) is 1.71. The van der Waals surface area contributed by atoms with E-state index in [1.807, 2.05) is 0 Å². The van der Waals surface area contributed by atoms with Crippen molar-refractivity contribution in [1.82, 2.24) is 4.40 Å². The van der Waals surface area contributed by atoms with Gasteiger partial charge in [0.2, 0.25) is 5.78 Å². The van der Waals surface area contributed by atoms with Crippen molar-refractivity contribution in [3.8, 4) is 0 Å². The number of carbonyl (C=O) groups is 2. The van der Waals surface area contributed by atoms with Gasteiger partial charge < -0.3 is 15.5 Å². The first kappa shape index (κ1) is 19.2. The predicted molar refractivity (Wildman–Crippen MR) is 119 cm³/mol. The Balaban J connectivity index is 1.83. The highest BCUT2D eigenvalue weighted by atomic mass is 79.9. The summed E-state index contributed by atoms with van der Waals surface area (Å²) >= 11 is 9.51. The van der Waals surface area contributed by atoms with Crippen molar-refractivity contribution < 1.29 is 9.59 Å². The number of aromatic nitrogens is 1. The number of nitrogens with one attached hydrogen (secondary N) is 1. The molecule has 1 amide bonds. The minimum absolute atomic E-state index is 0.119. The first-order valence-electron chi connectivity index (χ1n) is 8.72. The predicted octanol–water partition coefficient (Wildman–Crippen LogP) is 5.42. The maximum atomic E-state index is 13.2. The van der Waals surface area contributed by atoms with E-state index in [1.165, 1.54) is 0 Å². The van der Waals surface area contributed by atoms with E-state index in [4.69, 9.17) is 17.3 Å². The van der Waals surface area contributed by atoms with E-state index < -0.39 is 5.91 Å². The lowest BCUT2D eigenvalue weighted by Gasteiger charge is -2.07. The lowest BCUT2D eigenvalue weighted by atomic mass is 10.1. The second-order valence-corrected chi connectivity index (χ2v) is 7.69. The average molecular weight is 469 g/mol. The summed E-state index contributed by atoms with van der Waals surface area (Å²) in [6, 6.07) is 19.2. The Morgan fingerprint density at radius 3 is 2.38 bits per heavy atom. The minimum Gasteiger partial charge on any atom is -0.396 e. The molecular weight excluding hydrogens is 454 g/mol. The average Bonchev–Trinajstić information content (AvgIpc) is 3.01. The number of anilines is 2. The highest BCUT2D eigenvalue weighted by molar-refractivity contribution is 9.10. The summed E-state index contributed by atoms with van der Waals surface area (Å²) < 4.78 is 2.50. The molecule has 0 spiro atoms. The van der Waals surface area contributed by atoms with E-state index in [9.17, 15) is 9.59 Å². The number of nitrogens with two attached hydrogens (primary N) is 1. The minimum atomic E-state index is -0.436. The summed E-state index contributed by atoms with van der Waals surface area (Å²) in [5.74, 6) is -0.706. The standard InChI is InChI=1S/C22H15BrClN3O2/c23-14-10-8-13(9-11-14)21(28)20-19(25)18(17-7-3-4-12-27(17)20)22(29)26-16-6-2-1-5-15(16)24/h1-12H,25H2,(H,26,29). The number of carbonyl (C=O) groups excluding carboxylic acids is 2. The second-order valence-electron chi connectivity index (χ2n) is 6.36. The molecule has 0 aliphatic carbocycles. The molecule has 2 heterocycles. The van der Waals surface area contributed by atoms with E-state index in [1.54, 1.807) is 77.3 Å². The Morgan fingerprint density at radius 2 is 1.66 bits per heavy atom. The van der Waals surface area contributed by atoms with Crippen LogP contribution in [0.2, 0.25) is 5.02 Å². The van der Waals surface area contributed by atoms with Crippen LogP contribution in [-0.2, 0) is 0 Å². The number of pyridine rings is 1. The van der Waals surface area contributed by atoms with Crippen LogP contribution in [0.25, 0.3) is 5.52 Å². The Labute approximate surface area is 180 Å². The van der Waals surface area contributed by atoms with Crippen molar-refractivity contribution in [3.63, 3.8) is 0 Å². The molecule has 7 heteroatoms. The monoisotopic (exact) mass is 467 g/mol. The van der Waals surface area contributed by atoms with Crippen LogP contribution in [-0.4, -0.2) is 16.1 Å². The maximum absolute atomic E-state index is 13.2. The van der Waals surface area contributed by atoms with E-state index in [-0.39, 0.29) is 22.7 Å². The molecule has 3 N–H and O–H groups in total. The number of para-hydroxylation sites is 1. The second kappa shape index (κ2) is 7.73. The van der Waals surface area contributed by atoms with Crippen molar-refractivity contribution in [2.45, 2.75) is 0 Å². The molecule has 0 saturated carbocycles. The van der Waals surface area contributed by atoms with Gasteiger partial charge in [0.15, 0.2) is 0 Å². The van der Waals surface area contributed by atoms with Crippen molar-refractivity contribution in [3.05, 3.63) is 99.2 Å². The first-order valence-corrected chi connectivity index (χ1v) is 9.89. The number of rotatable bonds is 4. The normalized spacial score (nSPS) is 10.8. The molecule has 0 atom stereocenters. The van der Waals surface area contributed by atoms with Crippen molar-refractivity contribution in [2.24, 2.45) is 0 Å². The molecule has 0 unspecified atom stereocenters. The van der Waals surface area contributed by atoms with E-state index in [0.29, 0.717) is 21.8 Å². The van der Waals surface area contributed by atoms with E-state index in [2.05, 4.69) is 21.2 Å². The highest BCUT2D eigenvalue weighted by Gasteiger charge is 2.26. The van der Waals surface area contributed by atoms with Crippen LogP contribution in [0.5, 0.6) is 0 Å². The molecule has 2 aromatic carbocycles. The molecule has 0 saturated heterocycles. The molecule has 0 aliphatic heterocycles. The van der Waals surface area contributed by atoms with Gasteiger partial charge in [-0.25, -0.2) is 0 Å². The molecule has 4 rings (SSSR count). The zero-order chi connectivity index (χ0) is 20.5. The zero-order valence-electron chi connectivity index (χ0n) is 15.0. The Bertz CT molecular complexity index is 1250. The molecule has 0 aliphatic rings. The number of fused-ring (bicyclic) bond motifs is 1. The Hall–Kier alpha value is -3.09. The Morgan fingerprint density at radius 1 is 0.966 bits per heavy atom. The van der Waals surface area contributed by atoms with Gasteiger partial charge in [-0.1, -0.05) is 45.7 Å². The number of ketones is 1. The summed E-state index contributed by atoms with van der Waals surface area (Å²) in [5, 5.41) is 3.19. The number of halogens is 2. The number of nitrogens with zero attached hydrogens (tertiary/aromatic N) is 1. The maximum Gasteiger partial charge on any atom is 0.260 e. The summed E-state index contributed by atoms with van der Waals surface area (Å²) in [7, 11) is 0. The quantitative estimate of drug-likeness (QED) is 0.393. The number of benzene rings is 2. The van der Waals surface area contributed by atoms with Gasteiger partial charge in [0.25, 0.3) is 5.91 Å². The van der Waals surface area contributed by atoms with Crippen molar-refractivity contribution in [1.29, 1.82) is 0 Å². The molecular formula is C22H15BrClN3O2. The van der Waals surface area contributed by atoms with Gasteiger partial charge in [-0.05, 0) is 48.5 Å². The molecule has 144 valence electrons. The smallest absolute Gasteiger partial charge is 0.260 e. The first-order chi connectivity index (χ1) is 14.0. The third kappa shape index (κ3) is 3.52. The fourth-order valence-corrected chi connectivity index (χ4v) is 3.63. The summed E-state index contributed by atoms with van der Waals surface area (Å²) in [4.78, 5) is 26.2. The van der Waals surface area contributed by atoms with Gasteiger partial charge in [-0.3, -0.25) is 9.59 Å². The van der Waals surface area contributed by atoms with Crippen LogP contribution in [0, 0.1) is 0 Å². The molecule has 2 aromatic heterocycles. The topological polar surface area (TPSA) is 76.6 Å². The van der Waals surface area contributed by atoms with Crippen LogP contribution < -0.4 is 11.1 Å². The SMILES string of the molecule is Nc1c(C(=O)Nc2ccccc2Cl)c2ccccn2c1C(=O)c1ccc(Br)cc1. The highest BCUT2D eigenvalue weighted by Crippen LogP contribution is 2.30. The number of amides is 1. The van der Waals surface area contributed by atoms with Crippen LogP contribution in [0.1, 0.15) is 26.4 Å². The molecule has 4 aromatic rings. The molecule has 0 radical (unpaired) electrons. The fraction of sp³-hybridized carbons (Fsp3) is 0. The van der Waals surface area contributed by atoms with Crippen LogP contribution >= 0.6 is 27.5 Å². The van der Waals surface area contributed by atoms with Crippen LogP contribution in [0.15, 0.2) is 77.4 Å². The van der Waals surface area contributed by atoms with Gasteiger partial charge in [-0.15, -0.1) is 0 Å². The summed E-state index contributed by atoms with van der Waals surface area (Å²) in [5.41, 5.74) is 8.40. The summed E-state index contributed by atoms with van der Waals surface area (Å²) in [6.45, 7) is 0. The largest absolute Gasteiger partial charge is 0.396 e. The van der Waals surface area contributed by atoms with Gasteiger partial charge in [-0.2, -0.15) is 0 Å². The van der Waals surface area contributed by atoms with E-state index >= 15 is 0 Å². The van der Waals surface area contributed by atoms with Crippen molar-refractivity contribution >= 4 is 56.1 Å². The molecule has 0 fully saturated rings. The number of nitrogen functional groups attached to an aromatic ring is 1. The van der Waals surface area contributed by atoms with Crippen LogP contribution in [0.3, 0.4) is 0 Å². The fourth-order valence-electron chi connectivity index (χ4n) is 3.18. The molecule has 29 heavy (non-hydrogen) atoms. The molecule has 0 bridgehead atoms. The van der Waals surface area contributed by atoms with Gasteiger partial charge >= 0.3 is 0 Å². The lowest BCUT2D eigenvalue weighted by Crippen LogP contribution is -2.14. The van der Waals surface area contributed by atoms with Gasteiger partial charge in [0.1, 0.15) is 5.69 Å². The van der Waals surface area contributed by atoms with Crippen molar-refractivity contribution in [2.75, 3.05) is 11.1 Å². The number of hydrogen-bond acceptors (Lipinski definition) is 3. The van der Waals surface area contributed by atoms with E-state index in [0.717, 1.165) is 4.47 Å².